The van der Waals surface area contributed by atoms with Gasteiger partial charge in [0.05, 0.1) is 18.3 Å². The zero-order valence-corrected chi connectivity index (χ0v) is 11.8. The van der Waals surface area contributed by atoms with Gasteiger partial charge in [-0.15, -0.1) is 0 Å². The van der Waals surface area contributed by atoms with E-state index in [1.165, 1.54) is 0 Å². The Bertz CT molecular complexity index is 523. The summed E-state index contributed by atoms with van der Waals surface area (Å²) in [5, 5.41) is 6.13. The lowest BCUT2D eigenvalue weighted by molar-refractivity contribution is -0.122. The molecular weight excluding hydrogens is 252 g/mol. The first-order valence-corrected chi connectivity index (χ1v) is 6.84. The Morgan fingerprint density at radius 1 is 1.20 bits per heavy atom. The Balaban J connectivity index is 2.18. The second-order valence-electron chi connectivity index (χ2n) is 4.64. The van der Waals surface area contributed by atoms with Gasteiger partial charge in [0.1, 0.15) is 5.76 Å². The maximum absolute atomic E-state index is 11.9. The zero-order valence-electron chi connectivity index (χ0n) is 11.8. The van der Waals surface area contributed by atoms with E-state index in [2.05, 4.69) is 10.6 Å². The molecule has 2 atom stereocenters. The van der Waals surface area contributed by atoms with Gasteiger partial charge in [-0.05, 0) is 31.5 Å². The van der Waals surface area contributed by atoms with Crippen LogP contribution in [0.25, 0.3) is 0 Å². The molecule has 0 aliphatic heterocycles. The van der Waals surface area contributed by atoms with Gasteiger partial charge in [0.15, 0.2) is 0 Å². The molecule has 0 aliphatic rings. The van der Waals surface area contributed by atoms with Crippen molar-refractivity contribution in [2.45, 2.75) is 25.9 Å². The Labute approximate surface area is 119 Å². The predicted octanol–water partition coefficient (Wildman–Crippen LogP) is 2.48. The number of hydrogen-bond acceptors (Lipinski definition) is 3. The van der Waals surface area contributed by atoms with Crippen molar-refractivity contribution in [3.8, 4) is 0 Å². The molecule has 106 valence electrons. The Kier molecular flexibility index (Phi) is 4.96. The molecule has 2 N–H and O–H groups in total. The summed E-state index contributed by atoms with van der Waals surface area (Å²) in [6, 6.07) is 13.3. The molecule has 0 saturated carbocycles. The van der Waals surface area contributed by atoms with Crippen molar-refractivity contribution in [1.82, 2.24) is 10.6 Å². The smallest absolute Gasteiger partial charge is 0.236 e. The van der Waals surface area contributed by atoms with Crippen LogP contribution < -0.4 is 10.6 Å². The summed E-state index contributed by atoms with van der Waals surface area (Å²) in [7, 11) is 0. The van der Waals surface area contributed by atoms with E-state index < -0.39 is 0 Å². The minimum Gasteiger partial charge on any atom is -0.467 e. The lowest BCUT2D eigenvalue weighted by Crippen LogP contribution is -2.43. The minimum atomic E-state index is -0.301. The van der Waals surface area contributed by atoms with Crippen LogP contribution >= 0.6 is 0 Å². The van der Waals surface area contributed by atoms with Crippen molar-refractivity contribution in [3.63, 3.8) is 0 Å². The van der Waals surface area contributed by atoms with Crippen molar-refractivity contribution in [1.29, 1.82) is 0 Å². The number of likely N-dealkylation sites (N-methyl/N-ethyl adjacent to an activating group) is 1. The van der Waals surface area contributed by atoms with Crippen LogP contribution in [0.15, 0.2) is 53.1 Å². The average molecular weight is 272 g/mol. The van der Waals surface area contributed by atoms with Gasteiger partial charge in [-0.2, -0.15) is 0 Å². The average Bonchev–Trinajstić information content (AvgIpc) is 2.99. The first kappa shape index (κ1) is 14.3. The molecule has 4 heteroatoms. The highest BCUT2D eigenvalue weighted by Gasteiger charge is 2.21. The molecular formula is C16H20N2O2. The molecule has 0 radical (unpaired) electrons. The number of furan rings is 1. The highest BCUT2D eigenvalue weighted by atomic mass is 16.3. The van der Waals surface area contributed by atoms with E-state index in [0.29, 0.717) is 6.54 Å². The topological polar surface area (TPSA) is 54.3 Å². The monoisotopic (exact) mass is 272 g/mol. The van der Waals surface area contributed by atoms with E-state index in [-0.39, 0.29) is 18.0 Å². The molecule has 1 heterocycles. The predicted molar refractivity (Wildman–Crippen MR) is 78.3 cm³/mol. The maximum Gasteiger partial charge on any atom is 0.236 e. The second-order valence-corrected chi connectivity index (χ2v) is 4.64. The molecule has 2 aromatic rings. The van der Waals surface area contributed by atoms with E-state index in [4.69, 9.17) is 4.42 Å². The summed E-state index contributed by atoms with van der Waals surface area (Å²) in [6.07, 6.45) is 1.64. The molecule has 20 heavy (non-hydrogen) atoms. The lowest BCUT2D eigenvalue weighted by atomic mass is 10.0. The van der Waals surface area contributed by atoms with Gasteiger partial charge < -0.3 is 9.73 Å². The van der Waals surface area contributed by atoms with Crippen LogP contribution in [0, 0.1) is 0 Å². The molecule has 0 aliphatic carbocycles. The minimum absolute atomic E-state index is 0.0139. The Morgan fingerprint density at radius 2 is 1.95 bits per heavy atom. The third-order valence-electron chi connectivity index (χ3n) is 3.12. The molecule has 0 unspecified atom stereocenters. The first-order chi connectivity index (χ1) is 9.72. The van der Waals surface area contributed by atoms with E-state index in [0.717, 1.165) is 11.3 Å². The number of rotatable bonds is 6. The van der Waals surface area contributed by atoms with Crippen LogP contribution in [0.5, 0.6) is 0 Å². The van der Waals surface area contributed by atoms with Gasteiger partial charge in [0, 0.05) is 6.54 Å². The molecule has 1 aromatic carbocycles. The van der Waals surface area contributed by atoms with Crippen LogP contribution in [-0.4, -0.2) is 18.5 Å². The van der Waals surface area contributed by atoms with Crippen molar-refractivity contribution in [3.05, 3.63) is 60.1 Å². The molecule has 0 saturated heterocycles. The second kappa shape index (κ2) is 6.91. The summed E-state index contributed by atoms with van der Waals surface area (Å²) in [5.74, 6) is 0.785. The fourth-order valence-electron chi connectivity index (χ4n) is 2.10. The van der Waals surface area contributed by atoms with Gasteiger partial charge in [-0.3, -0.25) is 10.1 Å². The number of carbonyl (C=O) groups excluding carboxylic acids is 1. The summed E-state index contributed by atoms with van der Waals surface area (Å²) < 4.78 is 5.50. The largest absolute Gasteiger partial charge is 0.467 e. The van der Waals surface area contributed by atoms with Gasteiger partial charge in [0.25, 0.3) is 0 Å². The van der Waals surface area contributed by atoms with Crippen LogP contribution in [0.1, 0.15) is 31.2 Å². The standard InChI is InChI=1S/C16H20N2O2/c1-3-17-16(19)12(2)18-15(14-10-7-11-20-14)13-8-5-4-6-9-13/h4-12,15,18H,3H2,1-2H3,(H,17,19)/t12-,15-/m0/s1. The van der Waals surface area contributed by atoms with Crippen molar-refractivity contribution < 1.29 is 9.21 Å². The van der Waals surface area contributed by atoms with Crippen molar-refractivity contribution in [2.75, 3.05) is 6.54 Å². The summed E-state index contributed by atoms with van der Waals surface area (Å²) in [6.45, 7) is 4.39. The summed E-state index contributed by atoms with van der Waals surface area (Å²) in [5.41, 5.74) is 1.07. The highest BCUT2D eigenvalue weighted by molar-refractivity contribution is 5.81. The van der Waals surface area contributed by atoms with Crippen LogP contribution in [-0.2, 0) is 4.79 Å². The number of hydrogen-bond donors (Lipinski definition) is 2. The lowest BCUT2D eigenvalue weighted by Gasteiger charge is -2.21. The fourth-order valence-corrected chi connectivity index (χ4v) is 2.10. The number of benzene rings is 1. The van der Waals surface area contributed by atoms with E-state index in [1.807, 2.05) is 56.3 Å². The number of carbonyl (C=O) groups is 1. The molecule has 4 nitrogen and oxygen atoms in total. The maximum atomic E-state index is 11.9. The van der Waals surface area contributed by atoms with Gasteiger partial charge in [-0.1, -0.05) is 30.3 Å². The summed E-state index contributed by atoms with van der Waals surface area (Å²) in [4.78, 5) is 11.9. The van der Waals surface area contributed by atoms with Crippen molar-refractivity contribution in [2.24, 2.45) is 0 Å². The third kappa shape index (κ3) is 3.48. The van der Waals surface area contributed by atoms with Crippen LogP contribution in [0.3, 0.4) is 0 Å². The van der Waals surface area contributed by atoms with E-state index in [1.54, 1.807) is 6.26 Å². The molecule has 0 spiro atoms. The fraction of sp³-hybridized carbons (Fsp3) is 0.312. The molecule has 0 fully saturated rings. The highest BCUT2D eigenvalue weighted by Crippen LogP contribution is 2.22. The number of amides is 1. The van der Waals surface area contributed by atoms with Crippen molar-refractivity contribution >= 4 is 5.91 Å². The normalized spacial score (nSPS) is 13.7. The molecule has 2 rings (SSSR count). The van der Waals surface area contributed by atoms with E-state index >= 15 is 0 Å². The van der Waals surface area contributed by atoms with Crippen LogP contribution in [0.4, 0.5) is 0 Å². The van der Waals surface area contributed by atoms with Gasteiger partial charge in [0.2, 0.25) is 5.91 Å². The Morgan fingerprint density at radius 3 is 2.55 bits per heavy atom. The molecule has 1 aromatic heterocycles. The third-order valence-corrected chi connectivity index (χ3v) is 3.12. The van der Waals surface area contributed by atoms with Crippen LogP contribution in [0.2, 0.25) is 0 Å². The van der Waals surface area contributed by atoms with Gasteiger partial charge in [-0.25, -0.2) is 0 Å². The molecule has 0 bridgehead atoms. The zero-order chi connectivity index (χ0) is 14.4. The van der Waals surface area contributed by atoms with E-state index in [9.17, 15) is 4.79 Å². The quantitative estimate of drug-likeness (QED) is 0.849. The summed E-state index contributed by atoms with van der Waals surface area (Å²) >= 11 is 0. The number of nitrogens with one attached hydrogen (secondary N) is 2. The SMILES string of the molecule is CCNC(=O)[C@H](C)N[C@@H](c1ccccc1)c1ccco1. The first-order valence-electron chi connectivity index (χ1n) is 6.84. The molecule has 1 amide bonds. The Hall–Kier alpha value is -2.07. The van der Waals surface area contributed by atoms with Gasteiger partial charge >= 0.3 is 0 Å².